The van der Waals surface area contributed by atoms with Gasteiger partial charge in [0.1, 0.15) is 0 Å². The summed E-state index contributed by atoms with van der Waals surface area (Å²) in [5.41, 5.74) is 0.0422. The van der Waals surface area contributed by atoms with Crippen LogP contribution in [0.2, 0.25) is 0 Å². The smallest absolute Gasteiger partial charge is 0.228 e. The Hall–Kier alpha value is -0.570. The van der Waals surface area contributed by atoms with Gasteiger partial charge >= 0.3 is 0 Å². The molecule has 4 aliphatic carbocycles. The second-order valence-electron chi connectivity index (χ2n) is 8.87. The minimum atomic E-state index is 0.0422. The van der Waals surface area contributed by atoms with Crippen LogP contribution in [0, 0.1) is 23.2 Å². The first kappa shape index (κ1) is 15.0. The standard InChI is InChI=1S/C19H31NO2/c1-13(2)22-17-3-5-20(6-4-17)18(21)19-10-14-7-15(11-19)9-16(8-14)12-19/h13-17H,3-12H2,1-2H3. The summed E-state index contributed by atoms with van der Waals surface area (Å²) in [7, 11) is 0. The van der Waals surface area contributed by atoms with E-state index in [9.17, 15) is 4.79 Å². The Kier molecular flexibility index (Phi) is 3.75. The van der Waals surface area contributed by atoms with E-state index < -0.39 is 0 Å². The summed E-state index contributed by atoms with van der Waals surface area (Å²) in [6.07, 6.45) is 10.5. The molecule has 3 nitrogen and oxygen atoms in total. The number of likely N-dealkylation sites (tertiary alicyclic amines) is 1. The molecule has 4 bridgehead atoms. The molecule has 1 heterocycles. The maximum Gasteiger partial charge on any atom is 0.228 e. The van der Waals surface area contributed by atoms with Crippen molar-refractivity contribution in [2.75, 3.05) is 13.1 Å². The van der Waals surface area contributed by atoms with Crippen LogP contribution in [0.25, 0.3) is 0 Å². The Morgan fingerprint density at radius 2 is 1.50 bits per heavy atom. The zero-order chi connectivity index (χ0) is 15.3. The average molecular weight is 305 g/mol. The number of hydrogen-bond acceptors (Lipinski definition) is 2. The number of rotatable bonds is 3. The number of carbonyl (C=O) groups is 1. The van der Waals surface area contributed by atoms with Crippen LogP contribution in [-0.4, -0.2) is 36.1 Å². The van der Waals surface area contributed by atoms with Crippen LogP contribution in [0.3, 0.4) is 0 Å². The minimum absolute atomic E-state index is 0.0422. The number of piperidine rings is 1. The Bertz CT molecular complexity index is 401. The van der Waals surface area contributed by atoms with Crippen molar-refractivity contribution in [3.63, 3.8) is 0 Å². The summed E-state index contributed by atoms with van der Waals surface area (Å²) in [6.45, 7) is 6.04. The van der Waals surface area contributed by atoms with Gasteiger partial charge in [-0.2, -0.15) is 0 Å². The molecule has 1 saturated heterocycles. The number of hydrogen-bond donors (Lipinski definition) is 0. The van der Waals surface area contributed by atoms with E-state index in [4.69, 9.17) is 4.74 Å². The van der Waals surface area contributed by atoms with E-state index in [-0.39, 0.29) is 5.41 Å². The highest BCUT2D eigenvalue weighted by Crippen LogP contribution is 2.60. The normalized spacial score (nSPS) is 41.4. The van der Waals surface area contributed by atoms with Crippen LogP contribution < -0.4 is 0 Å². The van der Waals surface area contributed by atoms with Gasteiger partial charge in [0.2, 0.25) is 5.91 Å². The van der Waals surface area contributed by atoms with E-state index in [1.54, 1.807) is 0 Å². The predicted octanol–water partition coefficient (Wildman–Crippen LogP) is 3.62. The fourth-order valence-corrected chi connectivity index (χ4v) is 6.29. The third kappa shape index (κ3) is 2.60. The fourth-order valence-electron chi connectivity index (χ4n) is 6.29. The van der Waals surface area contributed by atoms with Gasteiger partial charge in [0.05, 0.1) is 17.6 Å². The first-order valence-electron chi connectivity index (χ1n) is 9.49. The molecule has 1 amide bonds. The van der Waals surface area contributed by atoms with Gasteiger partial charge < -0.3 is 9.64 Å². The third-order valence-corrected chi connectivity index (χ3v) is 6.69. The van der Waals surface area contributed by atoms with Gasteiger partial charge in [-0.3, -0.25) is 4.79 Å². The summed E-state index contributed by atoms with van der Waals surface area (Å²) >= 11 is 0. The lowest BCUT2D eigenvalue weighted by molar-refractivity contribution is -0.160. The highest BCUT2D eigenvalue weighted by Gasteiger charge is 2.55. The van der Waals surface area contributed by atoms with Crippen LogP contribution in [0.4, 0.5) is 0 Å². The summed E-state index contributed by atoms with van der Waals surface area (Å²) in [4.78, 5) is 15.5. The average Bonchev–Trinajstić information content (AvgIpc) is 2.45. The highest BCUT2D eigenvalue weighted by atomic mass is 16.5. The van der Waals surface area contributed by atoms with Crippen molar-refractivity contribution in [2.24, 2.45) is 23.2 Å². The molecule has 0 aromatic carbocycles. The van der Waals surface area contributed by atoms with Crippen molar-refractivity contribution in [1.82, 2.24) is 4.90 Å². The Morgan fingerprint density at radius 3 is 1.95 bits per heavy atom. The lowest BCUT2D eigenvalue weighted by Gasteiger charge is -2.57. The zero-order valence-electron chi connectivity index (χ0n) is 14.2. The molecule has 0 aromatic rings. The summed E-state index contributed by atoms with van der Waals surface area (Å²) < 4.78 is 5.93. The van der Waals surface area contributed by atoms with Gasteiger partial charge in [0.15, 0.2) is 0 Å². The van der Waals surface area contributed by atoms with E-state index in [0.717, 1.165) is 43.7 Å². The molecular weight excluding hydrogens is 274 g/mol. The molecule has 0 radical (unpaired) electrons. The maximum absolute atomic E-state index is 13.3. The van der Waals surface area contributed by atoms with Crippen LogP contribution in [0.15, 0.2) is 0 Å². The van der Waals surface area contributed by atoms with Crippen molar-refractivity contribution >= 4 is 5.91 Å². The molecule has 0 N–H and O–H groups in total. The van der Waals surface area contributed by atoms with E-state index in [0.29, 0.717) is 18.1 Å². The third-order valence-electron chi connectivity index (χ3n) is 6.69. The lowest BCUT2D eigenvalue weighted by atomic mass is 9.49. The first-order valence-corrected chi connectivity index (χ1v) is 9.49. The van der Waals surface area contributed by atoms with Crippen molar-refractivity contribution in [1.29, 1.82) is 0 Å². The molecule has 3 heteroatoms. The van der Waals surface area contributed by atoms with Gasteiger partial charge in [-0.15, -0.1) is 0 Å². The Labute approximate surface area is 134 Å². The second-order valence-corrected chi connectivity index (χ2v) is 8.87. The van der Waals surface area contributed by atoms with Crippen molar-refractivity contribution < 1.29 is 9.53 Å². The molecule has 1 aliphatic heterocycles. The van der Waals surface area contributed by atoms with Crippen LogP contribution in [0.5, 0.6) is 0 Å². The van der Waals surface area contributed by atoms with E-state index in [1.165, 1.54) is 38.5 Å². The molecule has 5 rings (SSSR count). The zero-order valence-corrected chi connectivity index (χ0v) is 14.2. The number of ether oxygens (including phenoxy) is 1. The SMILES string of the molecule is CC(C)OC1CCN(C(=O)C23CC4CC(CC(C4)C2)C3)CC1. The molecule has 22 heavy (non-hydrogen) atoms. The Balaban J connectivity index is 1.40. The number of carbonyl (C=O) groups excluding carboxylic acids is 1. The topological polar surface area (TPSA) is 29.5 Å². The van der Waals surface area contributed by atoms with Crippen molar-refractivity contribution in [3.05, 3.63) is 0 Å². The van der Waals surface area contributed by atoms with Gasteiger partial charge in [0.25, 0.3) is 0 Å². The predicted molar refractivity (Wildman–Crippen MR) is 86.4 cm³/mol. The molecule has 5 fully saturated rings. The number of nitrogens with zero attached hydrogens (tertiary/aromatic N) is 1. The maximum atomic E-state index is 13.3. The Morgan fingerprint density at radius 1 is 1.00 bits per heavy atom. The van der Waals surface area contributed by atoms with Crippen LogP contribution >= 0.6 is 0 Å². The summed E-state index contributed by atoms with van der Waals surface area (Å²) in [5, 5.41) is 0. The molecule has 4 saturated carbocycles. The minimum Gasteiger partial charge on any atom is -0.375 e. The largest absolute Gasteiger partial charge is 0.375 e. The van der Waals surface area contributed by atoms with E-state index in [1.807, 2.05) is 0 Å². The summed E-state index contributed by atoms with van der Waals surface area (Å²) in [6, 6.07) is 0. The second kappa shape index (κ2) is 5.51. The van der Waals surface area contributed by atoms with Gasteiger partial charge in [-0.05, 0) is 83.0 Å². The quantitative estimate of drug-likeness (QED) is 0.797. The van der Waals surface area contributed by atoms with Crippen LogP contribution in [-0.2, 0) is 9.53 Å². The lowest BCUT2D eigenvalue weighted by Crippen LogP contribution is -2.56. The molecule has 124 valence electrons. The summed E-state index contributed by atoms with van der Waals surface area (Å²) in [5.74, 6) is 3.08. The van der Waals surface area contributed by atoms with Gasteiger partial charge in [-0.25, -0.2) is 0 Å². The molecule has 0 atom stereocenters. The van der Waals surface area contributed by atoms with Crippen molar-refractivity contribution in [2.45, 2.75) is 77.4 Å². The molecule has 0 spiro atoms. The molecule has 0 aromatic heterocycles. The monoisotopic (exact) mass is 305 g/mol. The molecule has 5 aliphatic rings. The van der Waals surface area contributed by atoms with Gasteiger partial charge in [0, 0.05) is 13.1 Å². The molecule has 0 unspecified atom stereocenters. The van der Waals surface area contributed by atoms with E-state index >= 15 is 0 Å². The number of amides is 1. The molecular formula is C19H31NO2. The highest BCUT2D eigenvalue weighted by molar-refractivity contribution is 5.83. The van der Waals surface area contributed by atoms with E-state index in [2.05, 4.69) is 18.7 Å². The van der Waals surface area contributed by atoms with Gasteiger partial charge in [-0.1, -0.05) is 0 Å². The van der Waals surface area contributed by atoms with Crippen molar-refractivity contribution in [3.8, 4) is 0 Å². The fraction of sp³-hybridized carbons (Fsp3) is 0.947. The van der Waals surface area contributed by atoms with Crippen LogP contribution in [0.1, 0.15) is 65.2 Å². The first-order chi connectivity index (χ1) is 10.5.